The second-order valence-electron chi connectivity index (χ2n) is 6.29. The number of rotatable bonds is 4. The summed E-state index contributed by atoms with van der Waals surface area (Å²) in [5.41, 5.74) is 0.248. The van der Waals surface area contributed by atoms with Gasteiger partial charge in [0.1, 0.15) is 17.5 Å². The van der Waals surface area contributed by atoms with Crippen LogP contribution in [0.25, 0.3) is 0 Å². The number of anilines is 2. The molecule has 1 rings (SSSR count). The quantitative estimate of drug-likeness (QED) is 0.891. The van der Waals surface area contributed by atoms with Gasteiger partial charge in [-0.1, -0.05) is 34.6 Å². The summed E-state index contributed by atoms with van der Waals surface area (Å²) in [5.74, 6) is 3.08. The summed E-state index contributed by atoms with van der Waals surface area (Å²) in [5, 5.41) is 3.10. The van der Waals surface area contributed by atoms with Crippen LogP contribution in [0.3, 0.4) is 0 Å². The van der Waals surface area contributed by atoms with Crippen molar-refractivity contribution in [3.8, 4) is 0 Å². The van der Waals surface area contributed by atoms with Gasteiger partial charge in [-0.05, 0) is 5.41 Å². The number of hydrogen-bond acceptors (Lipinski definition) is 4. The first-order valence-electron chi connectivity index (χ1n) is 6.51. The van der Waals surface area contributed by atoms with Crippen LogP contribution in [0.2, 0.25) is 0 Å². The zero-order valence-corrected chi connectivity index (χ0v) is 12.7. The van der Waals surface area contributed by atoms with E-state index in [-0.39, 0.29) is 5.41 Å². The molecule has 0 spiro atoms. The molecule has 18 heavy (non-hydrogen) atoms. The van der Waals surface area contributed by atoms with Crippen LogP contribution in [-0.2, 0) is 0 Å². The summed E-state index contributed by atoms with van der Waals surface area (Å²) in [7, 11) is 3.97. The lowest BCUT2D eigenvalue weighted by Crippen LogP contribution is -2.30. The topological polar surface area (TPSA) is 41.0 Å². The first kappa shape index (κ1) is 14.7. The summed E-state index contributed by atoms with van der Waals surface area (Å²) in [4.78, 5) is 11.3. The Hall–Kier alpha value is -1.32. The third-order valence-corrected chi connectivity index (χ3v) is 2.61. The van der Waals surface area contributed by atoms with Crippen molar-refractivity contribution in [1.82, 2.24) is 9.97 Å². The minimum atomic E-state index is 0.248. The van der Waals surface area contributed by atoms with Crippen molar-refractivity contribution in [3.05, 3.63) is 11.9 Å². The lowest BCUT2D eigenvalue weighted by molar-refractivity contribution is 0.417. The number of hydrogen-bond donors (Lipinski definition) is 1. The van der Waals surface area contributed by atoms with Crippen molar-refractivity contribution in [2.45, 2.75) is 40.5 Å². The smallest absolute Gasteiger partial charge is 0.135 e. The Bertz CT molecular complexity index is 393. The number of nitrogens with one attached hydrogen (secondary N) is 1. The predicted octanol–water partition coefficient (Wildman–Crippen LogP) is 3.12. The molecule has 1 aromatic rings. The normalized spacial score (nSPS) is 11.8. The molecule has 4 nitrogen and oxygen atoms in total. The molecule has 1 N–H and O–H groups in total. The van der Waals surface area contributed by atoms with Crippen molar-refractivity contribution in [3.63, 3.8) is 0 Å². The van der Waals surface area contributed by atoms with Crippen LogP contribution in [0.4, 0.5) is 11.6 Å². The Morgan fingerprint density at radius 1 is 1.28 bits per heavy atom. The number of nitrogens with zero attached hydrogens (tertiary/aromatic N) is 3. The minimum absolute atomic E-state index is 0.248. The van der Waals surface area contributed by atoms with Crippen LogP contribution >= 0.6 is 0 Å². The Morgan fingerprint density at radius 2 is 1.89 bits per heavy atom. The van der Waals surface area contributed by atoms with Gasteiger partial charge in [0.2, 0.25) is 0 Å². The third kappa shape index (κ3) is 4.17. The lowest BCUT2D eigenvalue weighted by Gasteiger charge is -2.28. The summed E-state index contributed by atoms with van der Waals surface area (Å²) < 4.78 is 0. The molecule has 0 saturated heterocycles. The summed E-state index contributed by atoms with van der Waals surface area (Å²) in [6.45, 7) is 11.9. The highest BCUT2D eigenvalue weighted by Crippen LogP contribution is 2.22. The van der Waals surface area contributed by atoms with Crippen LogP contribution in [0, 0.1) is 5.41 Å². The standard InChI is InChI=1S/C14H26N4/c1-10(2)13-16-11(15-6)8-12(17-13)18(7)9-14(3,4)5/h8,10H,9H2,1-7H3,(H,15,16,17). The molecule has 0 aliphatic heterocycles. The second-order valence-corrected chi connectivity index (χ2v) is 6.29. The lowest BCUT2D eigenvalue weighted by atomic mass is 9.96. The molecule has 0 fully saturated rings. The van der Waals surface area contributed by atoms with Gasteiger partial charge in [0, 0.05) is 32.6 Å². The molecule has 4 heteroatoms. The van der Waals surface area contributed by atoms with Crippen LogP contribution in [0.15, 0.2) is 6.07 Å². The zero-order valence-electron chi connectivity index (χ0n) is 12.7. The molecule has 0 saturated carbocycles. The van der Waals surface area contributed by atoms with Gasteiger partial charge in [-0.3, -0.25) is 0 Å². The fraction of sp³-hybridized carbons (Fsp3) is 0.714. The average molecular weight is 250 g/mol. The minimum Gasteiger partial charge on any atom is -0.373 e. The molecule has 0 aliphatic carbocycles. The van der Waals surface area contributed by atoms with Crippen molar-refractivity contribution >= 4 is 11.6 Å². The average Bonchev–Trinajstić information content (AvgIpc) is 2.26. The molecule has 0 amide bonds. The van der Waals surface area contributed by atoms with E-state index in [2.05, 4.69) is 61.9 Å². The van der Waals surface area contributed by atoms with Gasteiger partial charge in [0.15, 0.2) is 0 Å². The van der Waals surface area contributed by atoms with Crippen LogP contribution < -0.4 is 10.2 Å². The molecule has 0 aromatic carbocycles. The maximum Gasteiger partial charge on any atom is 0.135 e. The zero-order chi connectivity index (χ0) is 13.9. The Kier molecular flexibility index (Phi) is 4.54. The van der Waals surface area contributed by atoms with Gasteiger partial charge in [-0.15, -0.1) is 0 Å². The van der Waals surface area contributed by atoms with E-state index in [4.69, 9.17) is 0 Å². The van der Waals surface area contributed by atoms with Gasteiger partial charge >= 0.3 is 0 Å². The maximum atomic E-state index is 4.64. The van der Waals surface area contributed by atoms with Crippen molar-refractivity contribution in [2.24, 2.45) is 5.41 Å². The SMILES string of the molecule is CNc1cc(N(C)CC(C)(C)C)nc(C(C)C)n1. The van der Waals surface area contributed by atoms with E-state index >= 15 is 0 Å². The van der Waals surface area contributed by atoms with Crippen molar-refractivity contribution in [2.75, 3.05) is 30.9 Å². The third-order valence-electron chi connectivity index (χ3n) is 2.61. The van der Waals surface area contributed by atoms with Crippen LogP contribution in [0.5, 0.6) is 0 Å². The van der Waals surface area contributed by atoms with E-state index in [1.54, 1.807) is 0 Å². The summed E-state index contributed by atoms with van der Waals surface area (Å²) >= 11 is 0. The van der Waals surface area contributed by atoms with Gasteiger partial charge in [-0.2, -0.15) is 0 Å². The molecule has 0 radical (unpaired) electrons. The predicted molar refractivity (Wildman–Crippen MR) is 78.4 cm³/mol. The van der Waals surface area contributed by atoms with E-state index in [9.17, 15) is 0 Å². The highest BCUT2D eigenvalue weighted by atomic mass is 15.2. The highest BCUT2D eigenvalue weighted by Gasteiger charge is 2.16. The fourth-order valence-corrected chi connectivity index (χ4v) is 1.83. The van der Waals surface area contributed by atoms with Gasteiger partial charge in [-0.25, -0.2) is 9.97 Å². The first-order valence-corrected chi connectivity index (χ1v) is 6.51. The highest BCUT2D eigenvalue weighted by molar-refractivity contribution is 5.49. The fourth-order valence-electron chi connectivity index (χ4n) is 1.83. The van der Waals surface area contributed by atoms with E-state index < -0.39 is 0 Å². The van der Waals surface area contributed by atoms with Crippen molar-refractivity contribution in [1.29, 1.82) is 0 Å². The number of aromatic nitrogens is 2. The van der Waals surface area contributed by atoms with Gasteiger partial charge < -0.3 is 10.2 Å². The molecule has 1 heterocycles. The Morgan fingerprint density at radius 3 is 2.33 bits per heavy atom. The van der Waals surface area contributed by atoms with Gasteiger partial charge in [0.25, 0.3) is 0 Å². The molecule has 102 valence electrons. The molecular formula is C14H26N4. The van der Waals surface area contributed by atoms with Gasteiger partial charge in [0.05, 0.1) is 0 Å². The molecule has 0 unspecified atom stereocenters. The molecule has 0 aliphatic rings. The molecule has 1 aromatic heterocycles. The van der Waals surface area contributed by atoms with Crippen molar-refractivity contribution < 1.29 is 0 Å². The largest absolute Gasteiger partial charge is 0.373 e. The Balaban J connectivity index is 3.04. The first-order chi connectivity index (χ1) is 8.23. The summed E-state index contributed by atoms with van der Waals surface area (Å²) in [6.07, 6.45) is 0. The maximum absolute atomic E-state index is 4.64. The van der Waals surface area contributed by atoms with Crippen LogP contribution in [0.1, 0.15) is 46.4 Å². The van der Waals surface area contributed by atoms with E-state index in [0.29, 0.717) is 5.92 Å². The molecular weight excluding hydrogens is 224 g/mol. The monoisotopic (exact) mass is 250 g/mol. The summed E-state index contributed by atoms with van der Waals surface area (Å²) in [6, 6.07) is 2.00. The second kappa shape index (κ2) is 5.55. The van der Waals surface area contributed by atoms with E-state index in [0.717, 1.165) is 24.0 Å². The molecule has 0 atom stereocenters. The van der Waals surface area contributed by atoms with E-state index in [1.165, 1.54) is 0 Å². The Labute approximate surface area is 111 Å². The van der Waals surface area contributed by atoms with Crippen LogP contribution in [-0.4, -0.2) is 30.6 Å². The molecule has 0 bridgehead atoms. The van der Waals surface area contributed by atoms with E-state index in [1.807, 2.05) is 13.1 Å².